The summed E-state index contributed by atoms with van der Waals surface area (Å²) in [5.74, 6) is 0.181. The third-order valence-electron chi connectivity index (χ3n) is 4.78. The van der Waals surface area contributed by atoms with E-state index < -0.39 is 0 Å². The molecule has 5 nitrogen and oxygen atoms in total. The molecule has 2 heterocycles. The molecule has 1 aliphatic heterocycles. The number of para-hydroxylation sites is 2. The summed E-state index contributed by atoms with van der Waals surface area (Å²) < 4.78 is 3.51. The normalized spacial score (nSPS) is 16.2. The molecule has 4 rings (SSSR count). The van der Waals surface area contributed by atoms with Gasteiger partial charge in [-0.15, -0.1) is 0 Å². The Kier molecular flexibility index (Phi) is 3.76. The van der Waals surface area contributed by atoms with Gasteiger partial charge in [0.25, 0.3) is 5.56 Å². The van der Waals surface area contributed by atoms with Gasteiger partial charge in [0.2, 0.25) is 0 Å². The molecule has 1 N–H and O–H groups in total. The highest BCUT2D eigenvalue weighted by molar-refractivity contribution is 5.78. The van der Waals surface area contributed by atoms with Gasteiger partial charge in [-0.25, -0.2) is 4.68 Å². The lowest BCUT2D eigenvalue weighted by molar-refractivity contribution is 0.630. The van der Waals surface area contributed by atoms with Crippen LogP contribution >= 0.6 is 0 Å². The molecule has 0 bridgehead atoms. The summed E-state index contributed by atoms with van der Waals surface area (Å²) in [6.07, 6.45) is 1.89. The van der Waals surface area contributed by atoms with Crippen molar-refractivity contribution in [2.45, 2.75) is 12.8 Å². The molecule has 2 aromatic carbocycles. The first-order chi connectivity index (χ1) is 12.2. The predicted octanol–water partition coefficient (Wildman–Crippen LogP) is 3.40. The van der Waals surface area contributed by atoms with Crippen LogP contribution in [0.4, 0.5) is 11.4 Å². The minimum atomic E-state index is -0.0957. The van der Waals surface area contributed by atoms with Gasteiger partial charge in [-0.05, 0) is 30.7 Å². The molecule has 0 aliphatic carbocycles. The van der Waals surface area contributed by atoms with E-state index in [1.54, 1.807) is 4.68 Å². The summed E-state index contributed by atoms with van der Waals surface area (Å²) in [6.45, 7) is 2.73. The summed E-state index contributed by atoms with van der Waals surface area (Å²) in [4.78, 5) is 17.4. The maximum atomic E-state index is 12.9. The fraction of sp³-hybridized carbons (Fsp3) is 0.200. The molecular formula is C20H20N4O. The lowest BCUT2D eigenvalue weighted by Crippen LogP contribution is -2.19. The van der Waals surface area contributed by atoms with E-state index in [0.29, 0.717) is 5.69 Å². The fourth-order valence-corrected chi connectivity index (χ4v) is 3.31. The van der Waals surface area contributed by atoms with Crippen molar-refractivity contribution in [3.63, 3.8) is 0 Å². The van der Waals surface area contributed by atoms with Gasteiger partial charge in [0.05, 0.1) is 11.4 Å². The van der Waals surface area contributed by atoms with Gasteiger partial charge in [-0.2, -0.15) is 0 Å². The zero-order valence-corrected chi connectivity index (χ0v) is 14.3. The first-order valence-electron chi connectivity index (χ1n) is 8.38. The molecule has 0 fully saturated rings. The lowest BCUT2D eigenvalue weighted by Gasteiger charge is -2.07. The Morgan fingerprint density at radius 3 is 2.64 bits per heavy atom. The maximum Gasteiger partial charge on any atom is 0.297 e. The van der Waals surface area contributed by atoms with E-state index in [2.05, 4.69) is 22.4 Å². The minimum absolute atomic E-state index is 0.0957. The van der Waals surface area contributed by atoms with Crippen LogP contribution in [0.15, 0.2) is 64.4 Å². The van der Waals surface area contributed by atoms with Gasteiger partial charge in [0, 0.05) is 31.4 Å². The standard InChI is InChI=1S/C20H20N4O/c1-14-19(20(25)24(23(14)2)16-8-4-3-5-9-16)22-13-15-12-21-18-11-7-6-10-17(15)18/h3-11,13,15,21H,12H2,1-2H3. The van der Waals surface area contributed by atoms with Crippen LogP contribution in [-0.2, 0) is 7.05 Å². The number of anilines is 1. The van der Waals surface area contributed by atoms with Gasteiger partial charge in [0.15, 0.2) is 5.69 Å². The van der Waals surface area contributed by atoms with Crippen molar-refractivity contribution in [3.05, 3.63) is 76.2 Å². The zero-order chi connectivity index (χ0) is 17.4. The van der Waals surface area contributed by atoms with Gasteiger partial charge >= 0.3 is 0 Å². The minimum Gasteiger partial charge on any atom is -0.384 e. The average molecular weight is 332 g/mol. The quantitative estimate of drug-likeness (QED) is 0.748. The highest BCUT2D eigenvalue weighted by Crippen LogP contribution is 2.30. The maximum absolute atomic E-state index is 12.9. The fourth-order valence-electron chi connectivity index (χ4n) is 3.31. The molecule has 1 atom stereocenters. The van der Waals surface area contributed by atoms with Crippen LogP contribution in [0.2, 0.25) is 0 Å². The van der Waals surface area contributed by atoms with Crippen LogP contribution in [0.1, 0.15) is 17.2 Å². The third kappa shape index (κ3) is 2.58. The van der Waals surface area contributed by atoms with E-state index in [4.69, 9.17) is 0 Å². The first-order valence-corrected chi connectivity index (χ1v) is 8.38. The van der Waals surface area contributed by atoms with E-state index in [-0.39, 0.29) is 11.5 Å². The molecular weight excluding hydrogens is 312 g/mol. The molecule has 25 heavy (non-hydrogen) atoms. The van der Waals surface area contributed by atoms with Gasteiger partial charge in [-0.3, -0.25) is 14.5 Å². The summed E-state index contributed by atoms with van der Waals surface area (Å²) in [7, 11) is 1.88. The van der Waals surface area contributed by atoms with Crippen LogP contribution in [0.3, 0.4) is 0 Å². The van der Waals surface area contributed by atoms with Crippen molar-refractivity contribution in [1.29, 1.82) is 0 Å². The Morgan fingerprint density at radius 1 is 1.12 bits per heavy atom. The molecule has 1 aromatic heterocycles. The second-order valence-electron chi connectivity index (χ2n) is 6.26. The van der Waals surface area contributed by atoms with E-state index in [9.17, 15) is 4.79 Å². The van der Waals surface area contributed by atoms with Gasteiger partial charge < -0.3 is 5.32 Å². The number of nitrogens with zero attached hydrogens (tertiary/aromatic N) is 3. The second-order valence-corrected chi connectivity index (χ2v) is 6.26. The number of fused-ring (bicyclic) bond motifs is 1. The van der Waals surface area contributed by atoms with Gasteiger partial charge in [0.1, 0.15) is 0 Å². The molecule has 1 aliphatic rings. The van der Waals surface area contributed by atoms with E-state index in [1.165, 1.54) is 5.56 Å². The predicted molar refractivity (Wildman–Crippen MR) is 102 cm³/mol. The van der Waals surface area contributed by atoms with Crippen LogP contribution < -0.4 is 10.9 Å². The highest BCUT2D eigenvalue weighted by Gasteiger charge is 2.21. The molecule has 1 unspecified atom stereocenters. The van der Waals surface area contributed by atoms with Crippen LogP contribution in [0.5, 0.6) is 0 Å². The lowest BCUT2D eigenvalue weighted by atomic mass is 10.0. The Hall–Kier alpha value is -3.08. The van der Waals surface area contributed by atoms with Crippen molar-refractivity contribution in [1.82, 2.24) is 9.36 Å². The van der Waals surface area contributed by atoms with Crippen molar-refractivity contribution in [2.24, 2.45) is 12.0 Å². The molecule has 126 valence electrons. The van der Waals surface area contributed by atoms with Crippen molar-refractivity contribution < 1.29 is 0 Å². The van der Waals surface area contributed by atoms with Crippen molar-refractivity contribution in [2.75, 3.05) is 11.9 Å². The van der Waals surface area contributed by atoms with Gasteiger partial charge in [-0.1, -0.05) is 36.4 Å². The Morgan fingerprint density at radius 2 is 1.84 bits per heavy atom. The van der Waals surface area contributed by atoms with E-state index in [0.717, 1.165) is 23.6 Å². The Labute approximate surface area is 146 Å². The highest BCUT2D eigenvalue weighted by atomic mass is 16.1. The molecule has 3 aromatic rings. The second kappa shape index (κ2) is 6.09. The van der Waals surface area contributed by atoms with E-state index >= 15 is 0 Å². The largest absolute Gasteiger partial charge is 0.384 e. The summed E-state index contributed by atoms with van der Waals surface area (Å²) in [5, 5.41) is 3.38. The molecule has 5 heteroatoms. The summed E-state index contributed by atoms with van der Waals surface area (Å²) in [5.41, 5.74) is 4.46. The smallest absolute Gasteiger partial charge is 0.297 e. The number of aliphatic imine (C=N–C) groups is 1. The van der Waals surface area contributed by atoms with Crippen LogP contribution in [0, 0.1) is 6.92 Å². The summed E-state index contributed by atoms with van der Waals surface area (Å²) >= 11 is 0. The summed E-state index contributed by atoms with van der Waals surface area (Å²) in [6, 6.07) is 17.9. The molecule has 0 radical (unpaired) electrons. The Bertz CT molecular complexity index is 998. The van der Waals surface area contributed by atoms with E-state index in [1.807, 2.05) is 67.3 Å². The number of hydrogen-bond donors (Lipinski definition) is 1. The molecule has 0 saturated heterocycles. The first kappa shape index (κ1) is 15.4. The molecule has 0 amide bonds. The number of aromatic nitrogens is 2. The zero-order valence-electron chi connectivity index (χ0n) is 14.3. The monoisotopic (exact) mass is 332 g/mol. The third-order valence-corrected chi connectivity index (χ3v) is 4.78. The average Bonchev–Trinajstić information content (AvgIpc) is 3.14. The van der Waals surface area contributed by atoms with Crippen molar-refractivity contribution in [3.8, 4) is 5.69 Å². The number of nitrogens with one attached hydrogen (secondary N) is 1. The van der Waals surface area contributed by atoms with Crippen LogP contribution in [0.25, 0.3) is 5.69 Å². The SMILES string of the molecule is Cc1c(N=CC2CNc3ccccc32)c(=O)n(-c2ccccc2)n1C. The number of benzene rings is 2. The molecule has 0 saturated carbocycles. The van der Waals surface area contributed by atoms with Crippen LogP contribution in [-0.4, -0.2) is 22.1 Å². The topological polar surface area (TPSA) is 51.3 Å². The van der Waals surface area contributed by atoms with Crippen molar-refractivity contribution >= 4 is 17.6 Å². The molecule has 0 spiro atoms. The Balaban J connectivity index is 1.72. The number of hydrogen-bond acceptors (Lipinski definition) is 3. The number of rotatable bonds is 3.